The number of carboxylic acid groups (broad SMARTS) is 1. The molecule has 1 aliphatic carbocycles. The highest BCUT2D eigenvalue weighted by atomic mass is 79.9. The molecule has 0 spiro atoms. The first kappa shape index (κ1) is 56.9. The molecule has 0 bridgehead atoms. The van der Waals surface area contributed by atoms with Crippen LogP contribution in [0.5, 0.6) is 0 Å². The summed E-state index contributed by atoms with van der Waals surface area (Å²) >= 11 is 7.99. The van der Waals surface area contributed by atoms with Gasteiger partial charge in [0.25, 0.3) is 0 Å². The van der Waals surface area contributed by atoms with Crippen LogP contribution < -0.4 is 47.9 Å². The number of thioether (sulfide) groups is 1. The van der Waals surface area contributed by atoms with Gasteiger partial charge in [-0.3, -0.25) is 57.6 Å². The molecule has 66 heavy (non-hydrogen) atoms. The second kappa shape index (κ2) is 28.8. The minimum absolute atomic E-state index is 0. The number of halogens is 2. The number of nitrogens with one attached hydrogen (secondary N) is 9. The standard InChI is InChI=1S/C39H54Br2N10O13S.CH4/c1-20(39(63)64)48-34(59)18-46-32(57)16-44-30(55)14-43-31(56)15-45-33(58)17-47-37(61)27(49-21(2)52)19-65-28-12-35(60)51(38(28)62)9-3-4-29(54)50-36-22(10-23(40)11-26(36)41)13-42-24-5-7-25(53)8-6-24;/h10-11,20,24-25,27-28,42,53H,3-9,12-19H2,1-2H3,(H,43,56)(H,44,55)(H,45,58)(H,46,57)(H,47,61)(H,48,59)(H,49,52)(H,50,54)(H,63,64);1H4. The second-order valence-electron chi connectivity index (χ2n) is 15.1. The Morgan fingerprint density at radius 2 is 1.33 bits per heavy atom. The number of carbonyl (C=O) groups is 11. The van der Waals surface area contributed by atoms with E-state index in [1.165, 1.54) is 13.8 Å². The van der Waals surface area contributed by atoms with Crippen molar-refractivity contribution in [1.29, 1.82) is 0 Å². The molecule has 2 aliphatic rings. The van der Waals surface area contributed by atoms with E-state index in [1.807, 2.05) is 12.1 Å². The molecule has 1 aromatic rings. The Bertz CT molecular complexity index is 1970. The molecule has 10 amide bonds. The Labute approximate surface area is 402 Å². The molecule has 1 saturated carbocycles. The summed E-state index contributed by atoms with van der Waals surface area (Å²) in [5.74, 6) is -7.95. The lowest BCUT2D eigenvalue weighted by Crippen LogP contribution is -2.51. The minimum Gasteiger partial charge on any atom is -0.480 e. The van der Waals surface area contributed by atoms with E-state index in [9.17, 15) is 57.8 Å². The van der Waals surface area contributed by atoms with Gasteiger partial charge in [-0.05, 0) is 72.7 Å². The number of hydrogen-bond donors (Lipinski definition) is 11. The molecule has 3 atom stereocenters. The molecule has 1 saturated heterocycles. The maximum Gasteiger partial charge on any atom is 0.325 e. The molecule has 2 fully saturated rings. The summed E-state index contributed by atoms with van der Waals surface area (Å²) < 4.78 is 1.48. The summed E-state index contributed by atoms with van der Waals surface area (Å²) in [5, 5.41) is 39.9. The zero-order chi connectivity index (χ0) is 48.2. The van der Waals surface area contributed by atoms with Gasteiger partial charge in [0.05, 0.1) is 49.8 Å². The van der Waals surface area contributed by atoms with Crippen LogP contribution in [0.1, 0.15) is 71.8 Å². The van der Waals surface area contributed by atoms with Crippen LogP contribution in [0.4, 0.5) is 5.69 Å². The zero-order valence-corrected chi connectivity index (χ0v) is 39.6. The topological polar surface area (TPSA) is 340 Å². The van der Waals surface area contributed by atoms with Crippen molar-refractivity contribution in [3.63, 3.8) is 0 Å². The van der Waals surface area contributed by atoms with E-state index in [0.717, 1.165) is 52.4 Å². The van der Waals surface area contributed by atoms with Gasteiger partial charge in [-0.15, -0.1) is 11.8 Å². The van der Waals surface area contributed by atoms with Gasteiger partial charge >= 0.3 is 5.97 Å². The number of carboxylic acids is 1. The van der Waals surface area contributed by atoms with E-state index < -0.39 is 109 Å². The molecule has 3 rings (SSSR count). The minimum atomic E-state index is -1.27. The molecular formula is C40H58Br2N10O13S. The molecule has 1 heterocycles. The first-order chi connectivity index (χ1) is 30.7. The molecule has 0 radical (unpaired) electrons. The Morgan fingerprint density at radius 1 is 0.788 bits per heavy atom. The third-order valence-electron chi connectivity index (χ3n) is 9.78. The summed E-state index contributed by atoms with van der Waals surface area (Å²) in [6.45, 7) is 0.00477. The van der Waals surface area contributed by atoms with E-state index in [0.29, 0.717) is 16.7 Å². The fourth-order valence-corrected chi connectivity index (χ4v) is 8.91. The summed E-state index contributed by atoms with van der Waals surface area (Å²) in [7, 11) is 0. The monoisotopic (exact) mass is 1080 g/mol. The van der Waals surface area contributed by atoms with Gasteiger partial charge in [0.15, 0.2) is 0 Å². The number of hydrogen-bond acceptors (Lipinski definition) is 14. The number of anilines is 1. The van der Waals surface area contributed by atoms with Crippen molar-refractivity contribution < 1.29 is 63.0 Å². The maximum absolute atomic E-state index is 13.2. The van der Waals surface area contributed by atoms with Crippen LogP contribution in [0.3, 0.4) is 0 Å². The molecule has 1 aliphatic heterocycles. The number of amides is 10. The Hall–Kier alpha value is -5.18. The van der Waals surface area contributed by atoms with Crippen molar-refractivity contribution >= 4 is 114 Å². The van der Waals surface area contributed by atoms with E-state index in [2.05, 4.69) is 79.7 Å². The third-order valence-corrected chi connectivity index (χ3v) is 12.2. The first-order valence-corrected chi connectivity index (χ1v) is 23.1. The molecule has 0 aromatic heterocycles. The lowest BCUT2D eigenvalue weighted by Gasteiger charge is -2.27. The predicted molar refractivity (Wildman–Crippen MR) is 247 cm³/mol. The molecular weight excluding hydrogens is 1020 g/mol. The van der Waals surface area contributed by atoms with Gasteiger partial charge in [-0.1, -0.05) is 23.4 Å². The predicted octanol–water partition coefficient (Wildman–Crippen LogP) is -1.50. The summed E-state index contributed by atoms with van der Waals surface area (Å²) in [4.78, 5) is 136. The Kier molecular flexibility index (Phi) is 24.8. The molecule has 11 N–H and O–H groups in total. The average molecular weight is 1080 g/mol. The SMILES string of the molecule is C.CC(=O)NC(CSC1CC(=O)N(CCCC(=O)Nc2c(Br)cc(Br)cc2CNC2CCC(O)CC2)C1=O)C(=O)NCC(=O)NCC(=O)NCC(=O)NCC(=O)NCC(=O)NC(C)C(=O)O. The number of aliphatic carboxylic acids is 1. The number of aliphatic hydroxyl groups is 1. The van der Waals surface area contributed by atoms with Gasteiger partial charge in [-0.25, -0.2) is 0 Å². The van der Waals surface area contributed by atoms with Gasteiger partial charge in [-0.2, -0.15) is 0 Å². The van der Waals surface area contributed by atoms with Crippen LogP contribution in [-0.2, 0) is 59.3 Å². The van der Waals surface area contributed by atoms with E-state index in [4.69, 9.17) is 5.11 Å². The first-order valence-electron chi connectivity index (χ1n) is 20.5. The summed E-state index contributed by atoms with van der Waals surface area (Å²) in [5.41, 5.74) is 1.44. The third kappa shape index (κ3) is 20.6. The normalized spacial score (nSPS) is 17.5. The highest BCUT2D eigenvalue weighted by Crippen LogP contribution is 2.32. The smallest absolute Gasteiger partial charge is 0.325 e. The van der Waals surface area contributed by atoms with Crippen LogP contribution >= 0.6 is 43.6 Å². The van der Waals surface area contributed by atoms with E-state index >= 15 is 0 Å². The average Bonchev–Trinajstić information content (AvgIpc) is 3.52. The van der Waals surface area contributed by atoms with Crippen LogP contribution in [0.2, 0.25) is 0 Å². The number of nitrogens with zero attached hydrogens (tertiary/aromatic N) is 1. The highest BCUT2D eigenvalue weighted by molar-refractivity contribution is 9.11. The number of aliphatic hydroxyl groups excluding tert-OH is 1. The highest BCUT2D eigenvalue weighted by Gasteiger charge is 2.39. The van der Waals surface area contributed by atoms with Crippen LogP contribution in [0, 0.1) is 0 Å². The zero-order valence-electron chi connectivity index (χ0n) is 35.6. The molecule has 3 unspecified atom stereocenters. The summed E-state index contributed by atoms with van der Waals surface area (Å²) in [6.07, 6.45) is 2.91. The second-order valence-corrected chi connectivity index (χ2v) is 18.1. The largest absolute Gasteiger partial charge is 0.480 e. The maximum atomic E-state index is 13.2. The number of rotatable bonds is 25. The van der Waals surface area contributed by atoms with E-state index in [-0.39, 0.29) is 57.0 Å². The van der Waals surface area contributed by atoms with Crippen molar-refractivity contribution in [2.45, 2.75) is 102 Å². The number of imide groups is 1. The van der Waals surface area contributed by atoms with Crippen molar-refractivity contribution in [2.75, 3.05) is 50.3 Å². The lowest BCUT2D eigenvalue weighted by atomic mass is 9.93. The quantitative estimate of drug-likeness (QED) is 0.0497. The van der Waals surface area contributed by atoms with Gasteiger partial charge < -0.3 is 58.1 Å². The van der Waals surface area contributed by atoms with E-state index in [1.54, 1.807) is 0 Å². The van der Waals surface area contributed by atoms with Crippen molar-refractivity contribution in [3.05, 3.63) is 26.6 Å². The van der Waals surface area contributed by atoms with Crippen molar-refractivity contribution in [3.8, 4) is 0 Å². The van der Waals surface area contributed by atoms with Crippen LogP contribution in [-0.4, -0.2) is 155 Å². The molecule has 26 heteroatoms. The lowest BCUT2D eigenvalue weighted by molar-refractivity contribution is -0.141. The Balaban J connectivity index is 0.0000150. The Morgan fingerprint density at radius 3 is 1.88 bits per heavy atom. The fraction of sp³-hybridized carbons (Fsp3) is 0.575. The molecule has 366 valence electrons. The molecule has 1 aromatic carbocycles. The number of likely N-dealkylation sites (tertiary alicyclic amines) is 1. The number of benzene rings is 1. The summed E-state index contributed by atoms with van der Waals surface area (Å²) in [6, 6.07) is 1.58. The van der Waals surface area contributed by atoms with Crippen molar-refractivity contribution in [2.24, 2.45) is 0 Å². The van der Waals surface area contributed by atoms with Crippen molar-refractivity contribution in [1.82, 2.24) is 47.4 Å². The van der Waals surface area contributed by atoms with Crippen LogP contribution in [0.15, 0.2) is 21.1 Å². The van der Waals surface area contributed by atoms with Gasteiger partial charge in [0.1, 0.15) is 12.1 Å². The molecule has 23 nitrogen and oxygen atoms in total. The van der Waals surface area contributed by atoms with Gasteiger partial charge in [0, 0.05) is 53.6 Å². The van der Waals surface area contributed by atoms with Crippen LogP contribution in [0.25, 0.3) is 0 Å². The fourth-order valence-electron chi connectivity index (χ4n) is 6.31. The van der Waals surface area contributed by atoms with Gasteiger partial charge in [0.2, 0.25) is 59.1 Å². The number of carbonyl (C=O) groups excluding carboxylic acids is 10.